The van der Waals surface area contributed by atoms with Gasteiger partial charge in [-0.2, -0.15) is 13.2 Å². The molecule has 0 amide bonds. The highest BCUT2D eigenvalue weighted by Gasteiger charge is 2.44. The summed E-state index contributed by atoms with van der Waals surface area (Å²) >= 11 is 0. The van der Waals surface area contributed by atoms with Crippen molar-refractivity contribution in [3.8, 4) is 5.88 Å². The van der Waals surface area contributed by atoms with Crippen molar-refractivity contribution in [2.75, 3.05) is 7.11 Å². The average molecular weight is 288 g/mol. The standard InChI is InChI=1S/C13H15F3N2O2/c1-20-12-10(17-5-6-18-12)11(19)8-3-2-4-9(7-8)13(14,15)16/h5-6,8-9H,2-4,7H2,1H3. The fourth-order valence-corrected chi connectivity index (χ4v) is 2.56. The number of alkyl halides is 3. The van der Waals surface area contributed by atoms with Gasteiger partial charge in [0.15, 0.2) is 11.5 Å². The van der Waals surface area contributed by atoms with Crippen molar-refractivity contribution < 1.29 is 22.7 Å². The van der Waals surface area contributed by atoms with Crippen LogP contribution in [0, 0.1) is 11.8 Å². The third-order valence-electron chi connectivity index (χ3n) is 3.60. The second-order valence-electron chi connectivity index (χ2n) is 4.88. The Morgan fingerprint density at radius 1 is 1.30 bits per heavy atom. The fraction of sp³-hybridized carbons (Fsp3) is 0.615. The number of nitrogens with zero attached hydrogens (tertiary/aromatic N) is 2. The van der Waals surface area contributed by atoms with E-state index in [2.05, 4.69) is 9.97 Å². The van der Waals surface area contributed by atoms with E-state index >= 15 is 0 Å². The molecule has 20 heavy (non-hydrogen) atoms. The Kier molecular flexibility index (Phi) is 4.25. The van der Waals surface area contributed by atoms with Gasteiger partial charge in [-0.1, -0.05) is 6.42 Å². The van der Waals surface area contributed by atoms with Gasteiger partial charge in [0, 0.05) is 18.3 Å². The predicted molar refractivity (Wildman–Crippen MR) is 64.4 cm³/mol. The van der Waals surface area contributed by atoms with Crippen molar-refractivity contribution >= 4 is 5.78 Å². The zero-order valence-electron chi connectivity index (χ0n) is 11.0. The number of carbonyl (C=O) groups is 1. The maximum absolute atomic E-state index is 12.8. The summed E-state index contributed by atoms with van der Waals surface area (Å²) in [6, 6.07) is 0. The molecule has 1 saturated carbocycles. The molecule has 1 aliphatic rings. The van der Waals surface area contributed by atoms with Gasteiger partial charge in [-0.15, -0.1) is 0 Å². The Bertz CT molecular complexity index is 491. The molecule has 0 saturated heterocycles. The second kappa shape index (κ2) is 5.76. The monoisotopic (exact) mass is 288 g/mol. The maximum atomic E-state index is 12.8. The first-order valence-corrected chi connectivity index (χ1v) is 6.39. The molecule has 2 atom stereocenters. The quantitative estimate of drug-likeness (QED) is 0.802. The van der Waals surface area contributed by atoms with E-state index < -0.39 is 23.8 Å². The summed E-state index contributed by atoms with van der Waals surface area (Å²) in [6.07, 6.45) is -0.790. The van der Waals surface area contributed by atoms with E-state index in [-0.39, 0.29) is 24.4 Å². The van der Waals surface area contributed by atoms with Crippen LogP contribution in [-0.4, -0.2) is 29.0 Å². The van der Waals surface area contributed by atoms with Gasteiger partial charge < -0.3 is 4.74 Å². The highest BCUT2D eigenvalue weighted by atomic mass is 19.4. The van der Waals surface area contributed by atoms with Gasteiger partial charge in [0.05, 0.1) is 13.0 Å². The summed E-state index contributed by atoms with van der Waals surface area (Å²) < 4.78 is 43.2. The molecule has 2 unspecified atom stereocenters. The number of ketones is 1. The van der Waals surface area contributed by atoms with Crippen LogP contribution in [0.15, 0.2) is 12.4 Å². The zero-order valence-corrected chi connectivity index (χ0v) is 11.0. The minimum absolute atomic E-state index is 0.0165. The molecule has 4 nitrogen and oxygen atoms in total. The fourth-order valence-electron chi connectivity index (χ4n) is 2.56. The minimum Gasteiger partial charge on any atom is -0.479 e. The largest absolute Gasteiger partial charge is 0.479 e. The molecular weight excluding hydrogens is 273 g/mol. The molecular formula is C13H15F3N2O2. The minimum atomic E-state index is -4.24. The van der Waals surface area contributed by atoms with Crippen LogP contribution >= 0.6 is 0 Å². The van der Waals surface area contributed by atoms with Crippen LogP contribution in [0.1, 0.15) is 36.2 Å². The Labute approximate surface area is 114 Å². The number of carbonyl (C=O) groups excluding carboxylic acids is 1. The van der Waals surface area contributed by atoms with Crippen molar-refractivity contribution in [1.29, 1.82) is 0 Å². The molecule has 0 N–H and O–H groups in total. The van der Waals surface area contributed by atoms with Crippen molar-refractivity contribution in [2.24, 2.45) is 11.8 Å². The summed E-state index contributed by atoms with van der Waals surface area (Å²) in [6.45, 7) is 0. The lowest BCUT2D eigenvalue weighted by Gasteiger charge is -2.29. The number of hydrogen-bond donors (Lipinski definition) is 0. The van der Waals surface area contributed by atoms with Crippen molar-refractivity contribution in [3.63, 3.8) is 0 Å². The van der Waals surface area contributed by atoms with E-state index in [4.69, 9.17) is 4.74 Å². The third-order valence-corrected chi connectivity index (χ3v) is 3.60. The number of hydrogen-bond acceptors (Lipinski definition) is 4. The van der Waals surface area contributed by atoms with Gasteiger partial charge in [0.25, 0.3) is 0 Å². The van der Waals surface area contributed by atoms with E-state index in [1.165, 1.54) is 19.5 Å². The molecule has 110 valence electrons. The Morgan fingerprint density at radius 3 is 2.65 bits per heavy atom. The maximum Gasteiger partial charge on any atom is 0.391 e. The van der Waals surface area contributed by atoms with E-state index in [9.17, 15) is 18.0 Å². The number of aromatic nitrogens is 2. The summed E-state index contributed by atoms with van der Waals surface area (Å²) in [7, 11) is 1.35. The van der Waals surface area contributed by atoms with Crippen LogP contribution < -0.4 is 4.74 Å². The number of ether oxygens (including phenoxy) is 1. The third kappa shape index (κ3) is 3.08. The van der Waals surface area contributed by atoms with E-state index in [1.54, 1.807) is 0 Å². The van der Waals surface area contributed by atoms with Gasteiger partial charge in [0.2, 0.25) is 5.88 Å². The molecule has 2 rings (SSSR count). The first-order chi connectivity index (χ1) is 9.43. The van der Waals surface area contributed by atoms with E-state index in [0.29, 0.717) is 12.8 Å². The lowest BCUT2D eigenvalue weighted by molar-refractivity contribution is -0.184. The molecule has 0 bridgehead atoms. The molecule has 0 aliphatic heterocycles. The van der Waals surface area contributed by atoms with Crippen LogP contribution in [0.3, 0.4) is 0 Å². The topological polar surface area (TPSA) is 52.1 Å². The van der Waals surface area contributed by atoms with Crippen molar-refractivity contribution in [3.05, 3.63) is 18.1 Å². The van der Waals surface area contributed by atoms with Gasteiger partial charge in [-0.05, 0) is 19.3 Å². The SMILES string of the molecule is COc1nccnc1C(=O)C1CCCC(C(F)(F)F)C1. The van der Waals surface area contributed by atoms with Gasteiger partial charge in [-0.3, -0.25) is 4.79 Å². The Hall–Kier alpha value is -1.66. The number of methoxy groups -OCH3 is 1. The first kappa shape index (κ1) is 14.7. The highest BCUT2D eigenvalue weighted by Crippen LogP contribution is 2.41. The van der Waals surface area contributed by atoms with Gasteiger partial charge in [0.1, 0.15) is 0 Å². The molecule has 1 aromatic rings. The van der Waals surface area contributed by atoms with Crippen LogP contribution in [0.25, 0.3) is 0 Å². The lowest BCUT2D eigenvalue weighted by atomic mass is 9.78. The molecule has 1 aliphatic carbocycles. The molecule has 7 heteroatoms. The van der Waals surface area contributed by atoms with Crippen LogP contribution in [-0.2, 0) is 0 Å². The highest BCUT2D eigenvalue weighted by molar-refractivity contribution is 5.98. The second-order valence-corrected chi connectivity index (χ2v) is 4.88. The smallest absolute Gasteiger partial charge is 0.391 e. The lowest BCUT2D eigenvalue weighted by Crippen LogP contribution is -2.32. The molecule has 1 heterocycles. The van der Waals surface area contributed by atoms with Crippen LogP contribution in [0.5, 0.6) is 5.88 Å². The summed E-state index contributed by atoms with van der Waals surface area (Å²) in [5, 5.41) is 0. The van der Waals surface area contributed by atoms with E-state index in [1.807, 2.05) is 0 Å². The van der Waals surface area contributed by atoms with Gasteiger partial charge in [-0.25, -0.2) is 9.97 Å². The van der Waals surface area contributed by atoms with Crippen LogP contribution in [0.2, 0.25) is 0 Å². The summed E-state index contributed by atoms with van der Waals surface area (Å²) in [5.41, 5.74) is 0.0165. The van der Waals surface area contributed by atoms with Crippen molar-refractivity contribution in [1.82, 2.24) is 9.97 Å². The van der Waals surface area contributed by atoms with Crippen LogP contribution in [0.4, 0.5) is 13.2 Å². The number of Topliss-reactive ketones (excluding diaryl/α,β-unsaturated/α-hetero) is 1. The van der Waals surface area contributed by atoms with Gasteiger partial charge >= 0.3 is 6.18 Å². The molecule has 1 fully saturated rings. The van der Waals surface area contributed by atoms with Crippen molar-refractivity contribution in [2.45, 2.75) is 31.9 Å². The number of halogens is 3. The Morgan fingerprint density at radius 2 is 2.00 bits per heavy atom. The van der Waals surface area contributed by atoms with E-state index in [0.717, 1.165) is 0 Å². The molecule has 0 aromatic carbocycles. The predicted octanol–water partition coefficient (Wildman–Crippen LogP) is 3.04. The number of rotatable bonds is 3. The average Bonchev–Trinajstić information content (AvgIpc) is 2.45. The molecule has 0 radical (unpaired) electrons. The summed E-state index contributed by atoms with van der Waals surface area (Å²) in [4.78, 5) is 20.0. The Balaban J connectivity index is 2.17. The normalized spacial score (nSPS) is 23.4. The first-order valence-electron chi connectivity index (χ1n) is 6.39. The molecule has 0 spiro atoms. The zero-order chi connectivity index (χ0) is 14.8. The molecule has 1 aromatic heterocycles. The summed E-state index contributed by atoms with van der Waals surface area (Å²) in [5.74, 6) is -2.43.